The number of allylic oxidation sites excluding steroid dienone is 1. The van der Waals surface area contributed by atoms with Crippen LogP contribution in [-0.4, -0.2) is 16.1 Å². The van der Waals surface area contributed by atoms with Crippen LogP contribution in [0.2, 0.25) is 0 Å². The quantitative estimate of drug-likeness (QED) is 0.257. The maximum absolute atomic E-state index is 14.9. The molecule has 0 saturated carbocycles. The van der Waals surface area contributed by atoms with E-state index in [1.54, 1.807) is 18.5 Å². The number of aromatic nitrogens is 2. The lowest BCUT2D eigenvalue weighted by Gasteiger charge is -2.10. The Balaban J connectivity index is 1.64. The van der Waals surface area contributed by atoms with Crippen molar-refractivity contribution in [2.75, 3.05) is 0 Å². The summed E-state index contributed by atoms with van der Waals surface area (Å²) in [7, 11) is 0. The summed E-state index contributed by atoms with van der Waals surface area (Å²) < 4.78 is 95.3. The second kappa shape index (κ2) is 9.93. The zero-order valence-electron chi connectivity index (χ0n) is 18.7. The van der Waals surface area contributed by atoms with Crippen LogP contribution < -0.4 is 0 Å². The van der Waals surface area contributed by atoms with E-state index in [4.69, 9.17) is 0 Å². The highest BCUT2D eigenvalue weighted by molar-refractivity contribution is 5.74. The summed E-state index contributed by atoms with van der Waals surface area (Å²) in [6.07, 6.45) is -0.729. The molecule has 0 spiro atoms. The summed E-state index contributed by atoms with van der Waals surface area (Å²) in [6.45, 7) is 1.95. The van der Waals surface area contributed by atoms with Gasteiger partial charge in [0, 0.05) is 40.7 Å². The zero-order chi connectivity index (χ0) is 26.0. The van der Waals surface area contributed by atoms with Crippen LogP contribution in [0.5, 0.6) is 0 Å². The molecule has 0 bridgehead atoms. The average Bonchev–Trinajstić information content (AvgIpc) is 2.82. The third-order valence-electron chi connectivity index (χ3n) is 5.45. The summed E-state index contributed by atoms with van der Waals surface area (Å²) in [6, 6.07) is 9.31. The highest BCUT2D eigenvalue weighted by Crippen LogP contribution is 2.33. The normalized spacial score (nSPS) is 11.9. The molecule has 0 unspecified atom stereocenters. The average molecular weight is 502 g/mol. The Labute approximate surface area is 201 Å². The van der Waals surface area contributed by atoms with Gasteiger partial charge in [-0.2, -0.15) is 13.2 Å². The highest BCUT2D eigenvalue weighted by Gasteiger charge is 2.23. The van der Waals surface area contributed by atoms with E-state index < -0.39 is 35.0 Å². The third-order valence-corrected chi connectivity index (χ3v) is 5.45. The van der Waals surface area contributed by atoms with Gasteiger partial charge in [0.05, 0.1) is 0 Å². The predicted molar refractivity (Wildman–Crippen MR) is 123 cm³/mol. The molecule has 3 aromatic carbocycles. The fourth-order valence-corrected chi connectivity index (χ4v) is 3.57. The van der Waals surface area contributed by atoms with Gasteiger partial charge in [0.15, 0.2) is 5.82 Å². The van der Waals surface area contributed by atoms with Crippen LogP contribution in [0.15, 0.2) is 67.0 Å². The molecule has 0 saturated heterocycles. The number of hydrogen-bond acceptors (Lipinski definition) is 2. The van der Waals surface area contributed by atoms with Crippen LogP contribution in [0.25, 0.3) is 39.7 Å². The van der Waals surface area contributed by atoms with Gasteiger partial charge < -0.3 is 0 Å². The molecule has 184 valence electrons. The van der Waals surface area contributed by atoms with E-state index in [-0.39, 0.29) is 34.4 Å². The summed E-state index contributed by atoms with van der Waals surface area (Å²) in [4.78, 5) is 8.42. The number of nitrogens with zero attached hydrogens (tertiary/aromatic N) is 2. The first kappa shape index (κ1) is 25.1. The Bertz CT molecular complexity index is 1420. The Morgan fingerprint density at radius 3 is 1.72 bits per heavy atom. The highest BCUT2D eigenvalue weighted by atomic mass is 19.4. The van der Waals surface area contributed by atoms with E-state index in [2.05, 4.69) is 9.97 Å². The molecular formula is C27H17F7N2. The van der Waals surface area contributed by atoms with Gasteiger partial charge in [0.2, 0.25) is 0 Å². The maximum atomic E-state index is 14.9. The van der Waals surface area contributed by atoms with Crippen LogP contribution >= 0.6 is 0 Å². The van der Waals surface area contributed by atoms with Crippen molar-refractivity contribution in [1.29, 1.82) is 0 Å². The van der Waals surface area contributed by atoms with Crippen LogP contribution in [0.3, 0.4) is 0 Å². The van der Waals surface area contributed by atoms with Gasteiger partial charge in [-0.1, -0.05) is 31.2 Å². The molecule has 0 atom stereocenters. The lowest BCUT2D eigenvalue weighted by atomic mass is 9.97. The van der Waals surface area contributed by atoms with Crippen molar-refractivity contribution < 1.29 is 30.7 Å². The molecule has 0 fully saturated rings. The predicted octanol–water partition coefficient (Wildman–Crippen LogP) is 8.17. The third kappa shape index (κ3) is 5.45. The minimum atomic E-state index is -4.75. The summed E-state index contributed by atoms with van der Waals surface area (Å²) >= 11 is 0. The lowest BCUT2D eigenvalue weighted by molar-refractivity contribution is -0.0790. The minimum Gasteiger partial charge on any atom is -0.236 e. The number of hydrogen-bond donors (Lipinski definition) is 0. The first-order valence-electron chi connectivity index (χ1n) is 10.7. The molecule has 9 heteroatoms. The zero-order valence-corrected chi connectivity index (χ0v) is 18.7. The van der Waals surface area contributed by atoms with Gasteiger partial charge >= 0.3 is 6.18 Å². The lowest BCUT2D eigenvalue weighted by Crippen LogP contribution is -2.01. The van der Waals surface area contributed by atoms with Crippen molar-refractivity contribution in [3.63, 3.8) is 0 Å². The van der Waals surface area contributed by atoms with E-state index in [1.807, 2.05) is 6.92 Å². The number of aryl methyl sites for hydroxylation is 1. The Hall–Kier alpha value is -4.01. The van der Waals surface area contributed by atoms with E-state index >= 15 is 0 Å². The topological polar surface area (TPSA) is 25.8 Å². The van der Waals surface area contributed by atoms with E-state index in [0.29, 0.717) is 11.4 Å². The molecule has 36 heavy (non-hydrogen) atoms. The van der Waals surface area contributed by atoms with E-state index in [9.17, 15) is 30.7 Å². The summed E-state index contributed by atoms with van der Waals surface area (Å²) in [5.41, 5.74) is 0.294. The Morgan fingerprint density at radius 2 is 1.19 bits per heavy atom. The Kier molecular flexibility index (Phi) is 6.92. The molecule has 0 radical (unpaired) electrons. The number of benzene rings is 3. The van der Waals surface area contributed by atoms with E-state index in [0.717, 1.165) is 30.2 Å². The molecule has 2 nitrogen and oxygen atoms in total. The number of rotatable bonds is 5. The fourth-order valence-electron chi connectivity index (χ4n) is 3.57. The largest absolute Gasteiger partial charge is 0.409 e. The van der Waals surface area contributed by atoms with Gasteiger partial charge in [-0.25, -0.2) is 27.5 Å². The molecule has 0 amide bonds. The molecular weight excluding hydrogens is 485 g/mol. The maximum Gasteiger partial charge on any atom is 0.409 e. The van der Waals surface area contributed by atoms with Crippen molar-refractivity contribution in [2.45, 2.75) is 19.5 Å². The number of alkyl halides is 3. The standard InChI is InChI=1S/C27H17F7N2/c1-2-15-13-35-26(36-14-15)17-4-6-19(23(29)10-17)16-3-5-20(22(28)9-16)18-11-24(30)21(25(31)12-18)7-8-27(32,33)34/h3-14H,2H2,1H3/b8-7+. The van der Waals surface area contributed by atoms with Crippen molar-refractivity contribution in [2.24, 2.45) is 0 Å². The molecule has 0 aliphatic carbocycles. The first-order valence-corrected chi connectivity index (χ1v) is 10.7. The molecule has 0 aliphatic rings. The van der Waals surface area contributed by atoms with E-state index in [1.165, 1.54) is 24.3 Å². The number of halogens is 7. The van der Waals surface area contributed by atoms with Gasteiger partial charge in [-0.05, 0) is 53.5 Å². The SMILES string of the molecule is CCc1cnc(-c2ccc(-c3ccc(-c4cc(F)c(/C=C/C(F)(F)F)c(F)c4)c(F)c3)c(F)c2)nc1. The summed E-state index contributed by atoms with van der Waals surface area (Å²) in [5.74, 6) is -3.79. The Morgan fingerprint density at radius 1 is 0.694 bits per heavy atom. The van der Waals surface area contributed by atoms with Crippen LogP contribution in [0.1, 0.15) is 18.1 Å². The van der Waals surface area contributed by atoms with Gasteiger partial charge in [0.1, 0.15) is 23.3 Å². The van der Waals surface area contributed by atoms with Crippen molar-refractivity contribution in [3.8, 4) is 33.6 Å². The summed E-state index contributed by atoms with van der Waals surface area (Å²) in [5, 5.41) is 0. The van der Waals surface area contributed by atoms with Gasteiger partial charge in [-0.3, -0.25) is 0 Å². The van der Waals surface area contributed by atoms with Crippen LogP contribution in [-0.2, 0) is 6.42 Å². The minimum absolute atomic E-state index is 0.0828. The molecule has 4 rings (SSSR count). The van der Waals surface area contributed by atoms with Gasteiger partial charge in [0.25, 0.3) is 0 Å². The molecule has 0 N–H and O–H groups in total. The molecule has 1 heterocycles. The van der Waals surface area contributed by atoms with Gasteiger partial charge in [-0.15, -0.1) is 0 Å². The van der Waals surface area contributed by atoms with Crippen LogP contribution in [0.4, 0.5) is 30.7 Å². The molecule has 0 aliphatic heterocycles. The first-order chi connectivity index (χ1) is 17.1. The van der Waals surface area contributed by atoms with Crippen molar-refractivity contribution >= 4 is 6.08 Å². The molecule has 4 aromatic rings. The second-order valence-electron chi connectivity index (χ2n) is 7.89. The van der Waals surface area contributed by atoms with Crippen molar-refractivity contribution in [3.05, 3.63) is 101 Å². The monoisotopic (exact) mass is 502 g/mol. The smallest absolute Gasteiger partial charge is 0.236 e. The second-order valence-corrected chi connectivity index (χ2v) is 7.89. The van der Waals surface area contributed by atoms with Crippen LogP contribution in [0, 0.1) is 23.3 Å². The van der Waals surface area contributed by atoms with Crippen molar-refractivity contribution in [1.82, 2.24) is 9.97 Å². The fraction of sp³-hybridized carbons (Fsp3) is 0.111. The molecule has 1 aromatic heterocycles.